The number of anilines is 1. The molecular weight excluding hydrogens is 332 g/mol. The summed E-state index contributed by atoms with van der Waals surface area (Å²) in [7, 11) is 0. The van der Waals surface area contributed by atoms with Crippen LogP contribution in [0.4, 0.5) is 5.69 Å². The van der Waals surface area contributed by atoms with Gasteiger partial charge in [-0.2, -0.15) is 0 Å². The lowest BCUT2D eigenvalue weighted by Gasteiger charge is -2.31. The zero-order chi connectivity index (χ0) is 14.7. The summed E-state index contributed by atoms with van der Waals surface area (Å²) in [6, 6.07) is 11.1. The molecule has 2 rings (SSSR count). The van der Waals surface area contributed by atoms with Crippen LogP contribution in [0.3, 0.4) is 0 Å². The van der Waals surface area contributed by atoms with Gasteiger partial charge in [-0.05, 0) is 54.9 Å². The fourth-order valence-corrected chi connectivity index (χ4v) is 4.05. The minimum Gasteiger partial charge on any atom is -0.363 e. The SMILES string of the molecule is CCN(c1ccc(C)cc1)C(CN)c1cc(Br)c(C)s1. The molecule has 1 aromatic carbocycles. The van der Waals surface area contributed by atoms with Gasteiger partial charge >= 0.3 is 0 Å². The maximum absolute atomic E-state index is 6.06. The molecule has 1 heterocycles. The molecule has 0 bridgehead atoms. The second kappa shape index (κ2) is 6.74. The monoisotopic (exact) mass is 352 g/mol. The lowest BCUT2D eigenvalue weighted by molar-refractivity contribution is 0.653. The van der Waals surface area contributed by atoms with Crippen molar-refractivity contribution in [1.82, 2.24) is 0 Å². The molecule has 0 saturated carbocycles. The van der Waals surface area contributed by atoms with Gasteiger partial charge in [0, 0.05) is 33.0 Å². The Morgan fingerprint density at radius 1 is 1.25 bits per heavy atom. The Morgan fingerprint density at radius 3 is 2.35 bits per heavy atom. The van der Waals surface area contributed by atoms with Gasteiger partial charge < -0.3 is 10.6 Å². The highest BCUT2D eigenvalue weighted by Crippen LogP contribution is 2.35. The average molecular weight is 353 g/mol. The molecule has 0 spiro atoms. The zero-order valence-electron chi connectivity index (χ0n) is 12.2. The molecule has 2 N–H and O–H groups in total. The third kappa shape index (κ3) is 3.25. The Labute approximate surface area is 133 Å². The van der Waals surface area contributed by atoms with Crippen LogP contribution in [0, 0.1) is 13.8 Å². The van der Waals surface area contributed by atoms with E-state index in [0.29, 0.717) is 6.54 Å². The molecule has 0 amide bonds. The van der Waals surface area contributed by atoms with Crippen molar-refractivity contribution in [3.8, 4) is 0 Å². The lowest BCUT2D eigenvalue weighted by atomic mass is 10.1. The van der Waals surface area contributed by atoms with E-state index >= 15 is 0 Å². The van der Waals surface area contributed by atoms with Crippen LogP contribution in [-0.4, -0.2) is 13.1 Å². The van der Waals surface area contributed by atoms with Crippen molar-refractivity contribution in [3.63, 3.8) is 0 Å². The van der Waals surface area contributed by atoms with Gasteiger partial charge in [-0.1, -0.05) is 17.7 Å². The number of hydrogen-bond donors (Lipinski definition) is 1. The standard InChI is InChI=1S/C16H21BrN2S/c1-4-19(13-7-5-11(2)6-8-13)15(10-18)16-9-14(17)12(3)20-16/h5-9,15H,4,10,18H2,1-3H3. The first-order valence-corrected chi connectivity index (χ1v) is 8.47. The minimum absolute atomic E-state index is 0.234. The second-order valence-corrected chi connectivity index (χ2v) is 7.07. The molecule has 0 fully saturated rings. The Kier molecular flexibility index (Phi) is 5.24. The predicted octanol–water partition coefficient (Wildman–Crippen LogP) is 4.65. The van der Waals surface area contributed by atoms with Crippen molar-refractivity contribution < 1.29 is 0 Å². The van der Waals surface area contributed by atoms with E-state index in [1.54, 1.807) is 0 Å². The van der Waals surface area contributed by atoms with Crippen LogP contribution in [0.2, 0.25) is 0 Å². The highest BCUT2D eigenvalue weighted by molar-refractivity contribution is 9.10. The smallest absolute Gasteiger partial charge is 0.0757 e. The van der Waals surface area contributed by atoms with Crippen molar-refractivity contribution >= 4 is 33.0 Å². The molecule has 108 valence electrons. The van der Waals surface area contributed by atoms with Crippen molar-refractivity contribution in [2.24, 2.45) is 5.73 Å². The van der Waals surface area contributed by atoms with Gasteiger partial charge in [0.25, 0.3) is 0 Å². The van der Waals surface area contributed by atoms with Gasteiger partial charge in [-0.3, -0.25) is 0 Å². The van der Waals surface area contributed by atoms with Gasteiger partial charge in [0.2, 0.25) is 0 Å². The van der Waals surface area contributed by atoms with E-state index in [2.05, 4.69) is 71.9 Å². The van der Waals surface area contributed by atoms with E-state index in [9.17, 15) is 0 Å². The zero-order valence-corrected chi connectivity index (χ0v) is 14.6. The van der Waals surface area contributed by atoms with Crippen molar-refractivity contribution in [2.45, 2.75) is 26.8 Å². The van der Waals surface area contributed by atoms with Gasteiger partial charge in [-0.15, -0.1) is 11.3 Å². The minimum atomic E-state index is 0.234. The lowest BCUT2D eigenvalue weighted by Crippen LogP contribution is -2.33. The molecule has 0 aliphatic rings. The summed E-state index contributed by atoms with van der Waals surface area (Å²) >= 11 is 5.42. The first kappa shape index (κ1) is 15.5. The van der Waals surface area contributed by atoms with E-state index in [0.717, 1.165) is 6.54 Å². The van der Waals surface area contributed by atoms with Crippen LogP contribution in [0.15, 0.2) is 34.8 Å². The first-order valence-electron chi connectivity index (χ1n) is 6.86. The summed E-state index contributed by atoms with van der Waals surface area (Å²) in [5, 5.41) is 0. The number of rotatable bonds is 5. The van der Waals surface area contributed by atoms with Crippen LogP contribution < -0.4 is 10.6 Å². The number of hydrogen-bond acceptors (Lipinski definition) is 3. The highest BCUT2D eigenvalue weighted by atomic mass is 79.9. The largest absolute Gasteiger partial charge is 0.363 e. The highest BCUT2D eigenvalue weighted by Gasteiger charge is 2.20. The molecule has 1 aromatic heterocycles. The number of nitrogens with zero attached hydrogens (tertiary/aromatic N) is 1. The fraction of sp³-hybridized carbons (Fsp3) is 0.375. The summed E-state index contributed by atoms with van der Waals surface area (Å²) in [6.07, 6.45) is 0. The summed E-state index contributed by atoms with van der Waals surface area (Å²) < 4.78 is 1.18. The molecule has 2 aromatic rings. The van der Waals surface area contributed by atoms with E-state index in [1.165, 1.54) is 25.5 Å². The van der Waals surface area contributed by atoms with Crippen LogP contribution in [0.1, 0.15) is 28.3 Å². The molecule has 1 unspecified atom stereocenters. The van der Waals surface area contributed by atoms with E-state index in [-0.39, 0.29) is 6.04 Å². The normalized spacial score (nSPS) is 12.4. The van der Waals surface area contributed by atoms with E-state index in [4.69, 9.17) is 5.73 Å². The van der Waals surface area contributed by atoms with E-state index in [1.807, 2.05) is 11.3 Å². The summed E-state index contributed by atoms with van der Waals surface area (Å²) in [4.78, 5) is 5.00. The molecule has 4 heteroatoms. The van der Waals surface area contributed by atoms with Crippen LogP contribution >= 0.6 is 27.3 Å². The molecule has 2 nitrogen and oxygen atoms in total. The molecular formula is C16H21BrN2S. The summed E-state index contributed by atoms with van der Waals surface area (Å²) in [6.45, 7) is 7.99. The maximum Gasteiger partial charge on any atom is 0.0757 e. The second-order valence-electron chi connectivity index (χ2n) is 4.93. The van der Waals surface area contributed by atoms with Crippen LogP contribution in [-0.2, 0) is 0 Å². The first-order chi connectivity index (χ1) is 9.56. The quantitative estimate of drug-likeness (QED) is 0.848. The van der Waals surface area contributed by atoms with Crippen molar-refractivity contribution in [3.05, 3.63) is 50.1 Å². The van der Waals surface area contributed by atoms with Crippen LogP contribution in [0.5, 0.6) is 0 Å². The third-order valence-electron chi connectivity index (χ3n) is 3.51. The molecule has 20 heavy (non-hydrogen) atoms. The Hall–Kier alpha value is -0.840. The van der Waals surface area contributed by atoms with Gasteiger partial charge in [0.05, 0.1) is 6.04 Å². The molecule has 0 aliphatic heterocycles. The van der Waals surface area contributed by atoms with Crippen molar-refractivity contribution in [1.29, 1.82) is 0 Å². The van der Waals surface area contributed by atoms with Gasteiger partial charge in [-0.25, -0.2) is 0 Å². The predicted molar refractivity (Wildman–Crippen MR) is 92.8 cm³/mol. The molecule has 1 atom stereocenters. The third-order valence-corrected chi connectivity index (χ3v) is 5.75. The number of thiophene rings is 1. The Bertz CT molecular complexity index is 543. The van der Waals surface area contributed by atoms with Gasteiger partial charge in [0.1, 0.15) is 0 Å². The van der Waals surface area contributed by atoms with Gasteiger partial charge in [0.15, 0.2) is 0 Å². The topological polar surface area (TPSA) is 29.3 Å². The number of halogens is 1. The molecule has 0 aliphatic carbocycles. The summed E-state index contributed by atoms with van der Waals surface area (Å²) in [5.74, 6) is 0. The average Bonchev–Trinajstić information content (AvgIpc) is 2.77. The van der Waals surface area contributed by atoms with Crippen molar-refractivity contribution in [2.75, 3.05) is 18.0 Å². The Morgan fingerprint density at radius 2 is 1.90 bits per heavy atom. The molecule has 0 radical (unpaired) electrons. The number of likely N-dealkylation sites (N-methyl/N-ethyl adjacent to an activating group) is 1. The Balaban J connectivity index is 2.34. The number of nitrogens with two attached hydrogens (primary N) is 1. The molecule has 0 saturated heterocycles. The van der Waals surface area contributed by atoms with Crippen LogP contribution in [0.25, 0.3) is 0 Å². The number of benzene rings is 1. The fourth-order valence-electron chi connectivity index (χ4n) is 2.36. The number of aryl methyl sites for hydroxylation is 2. The summed E-state index contributed by atoms with van der Waals surface area (Å²) in [5.41, 5.74) is 8.57. The maximum atomic E-state index is 6.06. The van der Waals surface area contributed by atoms with E-state index < -0.39 is 0 Å².